The Morgan fingerprint density at radius 1 is 1.22 bits per heavy atom. The number of carbonyl (C=O) groups excluding carboxylic acids is 1. The molecule has 92 valence electrons. The van der Waals surface area contributed by atoms with Gasteiger partial charge in [0.05, 0.1) is 18.4 Å². The van der Waals surface area contributed by atoms with E-state index in [4.69, 9.17) is 0 Å². The van der Waals surface area contributed by atoms with Gasteiger partial charge in [-0.3, -0.25) is 4.98 Å². The molecular weight excluding hydrogens is 230 g/mol. The zero-order valence-electron chi connectivity index (χ0n) is 9.91. The minimum Gasteiger partial charge on any atom is -0.465 e. The maximum atomic E-state index is 11.2. The lowest BCUT2D eigenvalue weighted by molar-refractivity contribution is 0.0600. The minimum atomic E-state index is -0.794. The summed E-state index contributed by atoms with van der Waals surface area (Å²) < 4.78 is 4.58. The number of aromatic nitrogens is 1. The molecule has 1 N–H and O–H groups in total. The van der Waals surface area contributed by atoms with E-state index in [-0.39, 0.29) is 0 Å². The maximum absolute atomic E-state index is 11.2. The Morgan fingerprint density at radius 2 is 1.94 bits per heavy atom. The van der Waals surface area contributed by atoms with E-state index in [0.717, 1.165) is 5.56 Å². The first-order chi connectivity index (χ1) is 8.72. The van der Waals surface area contributed by atoms with Crippen molar-refractivity contribution in [3.63, 3.8) is 0 Å². The van der Waals surface area contributed by atoms with Crippen LogP contribution in [0, 0.1) is 0 Å². The standard InChI is InChI=1S/C14H13NO3/c1-18-14(17)11-7-8-12(15-9-11)13(16)10-5-3-2-4-6-10/h2-9,13,16H,1H3. The van der Waals surface area contributed by atoms with Crippen molar-refractivity contribution in [3.05, 3.63) is 65.5 Å². The van der Waals surface area contributed by atoms with Gasteiger partial charge < -0.3 is 9.84 Å². The van der Waals surface area contributed by atoms with Gasteiger partial charge in [0.25, 0.3) is 0 Å². The van der Waals surface area contributed by atoms with Crippen LogP contribution in [0.2, 0.25) is 0 Å². The fraction of sp³-hybridized carbons (Fsp3) is 0.143. The molecule has 2 aromatic rings. The zero-order chi connectivity index (χ0) is 13.0. The van der Waals surface area contributed by atoms with Gasteiger partial charge in [-0.15, -0.1) is 0 Å². The van der Waals surface area contributed by atoms with Crippen molar-refractivity contribution >= 4 is 5.97 Å². The number of aliphatic hydroxyl groups excluding tert-OH is 1. The molecule has 1 aromatic carbocycles. The third-order valence-electron chi connectivity index (χ3n) is 2.60. The summed E-state index contributed by atoms with van der Waals surface area (Å²) in [6, 6.07) is 12.4. The average Bonchev–Trinajstić information content (AvgIpc) is 2.47. The second-order valence-electron chi connectivity index (χ2n) is 3.78. The number of rotatable bonds is 3. The summed E-state index contributed by atoms with van der Waals surface area (Å²) in [5.74, 6) is -0.441. The van der Waals surface area contributed by atoms with Crippen molar-refractivity contribution in [2.24, 2.45) is 0 Å². The lowest BCUT2D eigenvalue weighted by atomic mass is 10.1. The highest BCUT2D eigenvalue weighted by atomic mass is 16.5. The summed E-state index contributed by atoms with van der Waals surface area (Å²) in [5, 5.41) is 10.1. The molecule has 1 heterocycles. The van der Waals surface area contributed by atoms with E-state index in [0.29, 0.717) is 11.3 Å². The largest absolute Gasteiger partial charge is 0.465 e. The third-order valence-corrected chi connectivity index (χ3v) is 2.60. The van der Waals surface area contributed by atoms with Gasteiger partial charge in [0.1, 0.15) is 6.10 Å². The van der Waals surface area contributed by atoms with Crippen LogP contribution < -0.4 is 0 Å². The zero-order valence-corrected chi connectivity index (χ0v) is 9.91. The van der Waals surface area contributed by atoms with Gasteiger partial charge in [0, 0.05) is 6.20 Å². The van der Waals surface area contributed by atoms with Gasteiger partial charge in [0.2, 0.25) is 0 Å². The number of carbonyl (C=O) groups is 1. The van der Waals surface area contributed by atoms with E-state index >= 15 is 0 Å². The van der Waals surface area contributed by atoms with Crippen LogP contribution in [0.5, 0.6) is 0 Å². The number of esters is 1. The van der Waals surface area contributed by atoms with Crippen molar-refractivity contribution in [1.29, 1.82) is 0 Å². The van der Waals surface area contributed by atoms with Crippen LogP contribution in [-0.2, 0) is 4.74 Å². The molecule has 0 amide bonds. The molecule has 1 aromatic heterocycles. The van der Waals surface area contributed by atoms with E-state index in [2.05, 4.69) is 9.72 Å². The fourth-order valence-electron chi connectivity index (χ4n) is 1.61. The normalized spacial score (nSPS) is 11.9. The third kappa shape index (κ3) is 2.55. The van der Waals surface area contributed by atoms with Crippen LogP contribution in [0.25, 0.3) is 0 Å². The molecule has 0 fully saturated rings. The molecule has 1 atom stereocenters. The Bertz CT molecular complexity index is 522. The summed E-state index contributed by atoms with van der Waals surface area (Å²) in [4.78, 5) is 15.3. The van der Waals surface area contributed by atoms with E-state index in [1.807, 2.05) is 30.3 Å². The molecule has 0 aliphatic heterocycles. The van der Waals surface area contributed by atoms with Crippen LogP contribution in [0.15, 0.2) is 48.7 Å². The lowest BCUT2D eigenvalue weighted by Gasteiger charge is -2.10. The number of nitrogens with zero attached hydrogens (tertiary/aromatic N) is 1. The Morgan fingerprint density at radius 3 is 2.50 bits per heavy atom. The Hall–Kier alpha value is -2.20. The van der Waals surface area contributed by atoms with E-state index in [1.54, 1.807) is 12.1 Å². The molecule has 2 rings (SSSR count). The predicted octanol–water partition coefficient (Wildman–Crippen LogP) is 1.95. The van der Waals surface area contributed by atoms with Crippen molar-refractivity contribution in [2.75, 3.05) is 7.11 Å². The molecule has 0 radical (unpaired) electrons. The molecule has 0 saturated carbocycles. The molecule has 0 saturated heterocycles. The van der Waals surface area contributed by atoms with Gasteiger partial charge in [-0.1, -0.05) is 30.3 Å². The van der Waals surface area contributed by atoms with Gasteiger partial charge in [-0.05, 0) is 17.7 Å². The molecule has 0 bridgehead atoms. The van der Waals surface area contributed by atoms with Crippen molar-refractivity contribution in [3.8, 4) is 0 Å². The summed E-state index contributed by atoms with van der Waals surface area (Å²) >= 11 is 0. The number of benzene rings is 1. The highest BCUT2D eigenvalue weighted by molar-refractivity contribution is 5.88. The van der Waals surface area contributed by atoms with Gasteiger partial charge in [-0.2, -0.15) is 0 Å². The second kappa shape index (κ2) is 5.42. The fourth-order valence-corrected chi connectivity index (χ4v) is 1.61. The number of hydrogen-bond donors (Lipinski definition) is 1. The molecular formula is C14H13NO3. The Labute approximate surface area is 105 Å². The monoisotopic (exact) mass is 243 g/mol. The second-order valence-corrected chi connectivity index (χ2v) is 3.78. The highest BCUT2D eigenvalue weighted by Crippen LogP contribution is 2.19. The number of methoxy groups -OCH3 is 1. The van der Waals surface area contributed by atoms with Crippen molar-refractivity contribution < 1.29 is 14.6 Å². The van der Waals surface area contributed by atoms with Crippen LogP contribution >= 0.6 is 0 Å². The summed E-state index contributed by atoms with van der Waals surface area (Å²) in [6.07, 6.45) is 0.603. The molecule has 0 aliphatic rings. The number of aliphatic hydroxyl groups is 1. The SMILES string of the molecule is COC(=O)c1ccc(C(O)c2ccccc2)nc1. The summed E-state index contributed by atoms with van der Waals surface area (Å²) in [7, 11) is 1.31. The van der Waals surface area contributed by atoms with E-state index in [1.165, 1.54) is 13.3 Å². The van der Waals surface area contributed by atoms with Crippen LogP contribution in [0.4, 0.5) is 0 Å². The van der Waals surface area contributed by atoms with Crippen molar-refractivity contribution in [2.45, 2.75) is 6.10 Å². The molecule has 18 heavy (non-hydrogen) atoms. The summed E-state index contributed by atoms with van der Waals surface area (Å²) in [5.41, 5.74) is 1.62. The minimum absolute atomic E-state index is 0.363. The van der Waals surface area contributed by atoms with E-state index in [9.17, 15) is 9.90 Å². The molecule has 4 heteroatoms. The van der Waals surface area contributed by atoms with Gasteiger partial charge >= 0.3 is 5.97 Å². The van der Waals surface area contributed by atoms with Gasteiger partial charge in [0.15, 0.2) is 0 Å². The Kier molecular flexibility index (Phi) is 3.69. The van der Waals surface area contributed by atoms with Gasteiger partial charge in [-0.25, -0.2) is 4.79 Å². The number of hydrogen-bond acceptors (Lipinski definition) is 4. The lowest BCUT2D eigenvalue weighted by Crippen LogP contribution is -2.05. The van der Waals surface area contributed by atoms with E-state index < -0.39 is 12.1 Å². The van der Waals surface area contributed by atoms with Crippen LogP contribution in [0.3, 0.4) is 0 Å². The first-order valence-electron chi connectivity index (χ1n) is 5.49. The molecule has 0 spiro atoms. The maximum Gasteiger partial charge on any atom is 0.339 e. The summed E-state index contributed by atoms with van der Waals surface area (Å²) in [6.45, 7) is 0. The quantitative estimate of drug-likeness (QED) is 0.837. The first kappa shape index (κ1) is 12.3. The smallest absolute Gasteiger partial charge is 0.339 e. The number of pyridine rings is 1. The molecule has 0 aliphatic carbocycles. The Balaban J connectivity index is 2.22. The van der Waals surface area contributed by atoms with Crippen LogP contribution in [0.1, 0.15) is 27.7 Å². The molecule has 1 unspecified atom stereocenters. The van der Waals surface area contributed by atoms with Crippen LogP contribution in [-0.4, -0.2) is 23.2 Å². The highest BCUT2D eigenvalue weighted by Gasteiger charge is 2.12. The first-order valence-corrected chi connectivity index (χ1v) is 5.49. The molecule has 4 nitrogen and oxygen atoms in total. The van der Waals surface area contributed by atoms with Crippen molar-refractivity contribution in [1.82, 2.24) is 4.98 Å². The number of ether oxygens (including phenoxy) is 1. The average molecular weight is 243 g/mol. The predicted molar refractivity (Wildman–Crippen MR) is 66.1 cm³/mol. The topological polar surface area (TPSA) is 59.4 Å².